The molecule has 0 bridgehead atoms. The number of rotatable bonds is 2. The summed E-state index contributed by atoms with van der Waals surface area (Å²) in [6, 6.07) is 7.30. The minimum absolute atomic E-state index is 0.496. The van der Waals surface area contributed by atoms with Crippen LogP contribution in [-0.4, -0.2) is 5.11 Å². The van der Waals surface area contributed by atoms with Gasteiger partial charge in [0.05, 0.1) is 0 Å². The molecule has 1 atom stereocenters. The Hall–Kier alpha value is -0.540. The van der Waals surface area contributed by atoms with Crippen molar-refractivity contribution in [3.8, 4) is 0 Å². The summed E-state index contributed by atoms with van der Waals surface area (Å²) < 4.78 is 0. The third kappa shape index (κ3) is 2.50. The van der Waals surface area contributed by atoms with Crippen molar-refractivity contribution in [3.63, 3.8) is 0 Å². The first-order valence-corrected chi connectivity index (χ1v) is 6.77. The van der Waals surface area contributed by atoms with Crippen LogP contribution < -0.4 is 0 Å². The molecule has 1 heterocycles. The molecule has 1 aromatic heterocycles. The smallest absolute Gasteiger partial charge is 0.116 e. The van der Waals surface area contributed by atoms with E-state index >= 15 is 0 Å². The first-order valence-electron chi connectivity index (χ1n) is 5.19. The van der Waals surface area contributed by atoms with E-state index in [1.807, 2.05) is 19.9 Å². The lowest BCUT2D eigenvalue weighted by molar-refractivity contribution is 0.223. The lowest BCUT2D eigenvalue weighted by atomic mass is 10.1. The van der Waals surface area contributed by atoms with E-state index in [1.54, 1.807) is 29.5 Å². The summed E-state index contributed by atoms with van der Waals surface area (Å²) in [7, 11) is 0. The van der Waals surface area contributed by atoms with Crippen LogP contribution in [0.5, 0.6) is 0 Å². The molecule has 90 valence electrons. The number of aliphatic hydroxyl groups excluding tert-OH is 1. The first-order chi connectivity index (χ1) is 8.00. The maximum Gasteiger partial charge on any atom is 0.116 e. The predicted octanol–water partition coefficient (Wildman–Crippen LogP) is 4.75. The molecule has 1 aromatic carbocycles. The van der Waals surface area contributed by atoms with E-state index in [9.17, 15) is 5.11 Å². The third-order valence-corrected chi connectivity index (χ3v) is 4.47. The van der Waals surface area contributed by atoms with Crippen molar-refractivity contribution in [1.82, 2.24) is 0 Å². The molecule has 1 unspecified atom stereocenters. The minimum Gasteiger partial charge on any atom is -0.383 e. The topological polar surface area (TPSA) is 20.2 Å². The SMILES string of the molecule is Cc1cc(C)c(C(O)c2c(Cl)cccc2Cl)s1. The Morgan fingerprint density at radius 2 is 1.76 bits per heavy atom. The molecule has 1 nitrogen and oxygen atoms in total. The average molecular weight is 287 g/mol. The van der Waals surface area contributed by atoms with Gasteiger partial charge >= 0.3 is 0 Å². The van der Waals surface area contributed by atoms with Crippen LogP contribution in [0.3, 0.4) is 0 Å². The minimum atomic E-state index is -0.755. The number of halogens is 2. The number of aliphatic hydroxyl groups is 1. The van der Waals surface area contributed by atoms with Crippen LogP contribution in [0.15, 0.2) is 24.3 Å². The van der Waals surface area contributed by atoms with Gasteiger partial charge in [0.15, 0.2) is 0 Å². The Balaban J connectivity index is 2.51. The molecule has 17 heavy (non-hydrogen) atoms. The van der Waals surface area contributed by atoms with Crippen LogP contribution >= 0.6 is 34.5 Å². The highest BCUT2D eigenvalue weighted by molar-refractivity contribution is 7.12. The molecular weight excluding hydrogens is 275 g/mol. The molecular formula is C13H12Cl2OS. The number of aryl methyl sites for hydroxylation is 2. The molecule has 0 amide bonds. The highest BCUT2D eigenvalue weighted by Crippen LogP contribution is 2.38. The number of thiophene rings is 1. The normalized spacial score (nSPS) is 12.8. The van der Waals surface area contributed by atoms with E-state index in [4.69, 9.17) is 23.2 Å². The number of benzene rings is 1. The second kappa shape index (κ2) is 4.99. The fourth-order valence-electron chi connectivity index (χ4n) is 1.83. The molecule has 2 rings (SSSR count). The summed E-state index contributed by atoms with van der Waals surface area (Å²) in [5.41, 5.74) is 1.65. The van der Waals surface area contributed by atoms with E-state index in [0.29, 0.717) is 15.6 Å². The Kier molecular flexibility index (Phi) is 3.79. The van der Waals surface area contributed by atoms with Crippen molar-refractivity contribution in [2.45, 2.75) is 20.0 Å². The second-order valence-electron chi connectivity index (χ2n) is 3.94. The van der Waals surface area contributed by atoms with E-state index in [0.717, 1.165) is 10.4 Å². The van der Waals surface area contributed by atoms with Gasteiger partial charge in [0, 0.05) is 25.4 Å². The second-order valence-corrected chi connectivity index (χ2v) is 6.04. The molecule has 1 N–H and O–H groups in total. The molecule has 0 saturated heterocycles. The summed E-state index contributed by atoms with van der Waals surface area (Å²) >= 11 is 13.8. The highest BCUT2D eigenvalue weighted by atomic mass is 35.5. The van der Waals surface area contributed by atoms with Crippen molar-refractivity contribution in [2.75, 3.05) is 0 Å². The van der Waals surface area contributed by atoms with Crippen molar-refractivity contribution in [1.29, 1.82) is 0 Å². The zero-order chi connectivity index (χ0) is 12.6. The summed E-state index contributed by atoms with van der Waals surface area (Å²) in [6.45, 7) is 3.99. The van der Waals surface area contributed by atoms with Crippen molar-refractivity contribution >= 4 is 34.5 Å². The molecule has 0 spiro atoms. The van der Waals surface area contributed by atoms with Gasteiger partial charge in [-0.1, -0.05) is 29.3 Å². The predicted molar refractivity (Wildman–Crippen MR) is 74.3 cm³/mol. The van der Waals surface area contributed by atoms with E-state index in [2.05, 4.69) is 0 Å². The van der Waals surface area contributed by atoms with Gasteiger partial charge in [-0.3, -0.25) is 0 Å². The molecule has 0 saturated carbocycles. The Morgan fingerprint density at radius 3 is 2.24 bits per heavy atom. The van der Waals surface area contributed by atoms with Crippen LogP contribution in [0.25, 0.3) is 0 Å². The fourth-order valence-corrected chi connectivity index (χ4v) is 3.47. The molecule has 0 aliphatic heterocycles. The summed E-state index contributed by atoms with van der Waals surface area (Å²) in [4.78, 5) is 2.07. The maximum absolute atomic E-state index is 10.4. The van der Waals surface area contributed by atoms with Gasteiger partial charge in [-0.25, -0.2) is 0 Å². The van der Waals surface area contributed by atoms with Crippen LogP contribution in [-0.2, 0) is 0 Å². The van der Waals surface area contributed by atoms with Crippen LogP contribution in [0.1, 0.15) is 27.0 Å². The van der Waals surface area contributed by atoms with Crippen molar-refractivity contribution in [2.24, 2.45) is 0 Å². The van der Waals surface area contributed by atoms with E-state index in [1.165, 1.54) is 4.88 Å². The summed E-state index contributed by atoms with van der Waals surface area (Å²) in [6.07, 6.45) is -0.755. The molecule has 2 aromatic rings. The standard InChI is InChI=1S/C13H12Cl2OS/c1-7-6-8(2)17-13(7)12(16)11-9(14)4-3-5-10(11)15/h3-6,12,16H,1-2H3. The number of hydrogen-bond donors (Lipinski definition) is 1. The quantitative estimate of drug-likeness (QED) is 0.844. The van der Waals surface area contributed by atoms with Crippen molar-refractivity contribution in [3.05, 3.63) is 55.2 Å². The Bertz CT molecular complexity index is 528. The van der Waals surface area contributed by atoms with Gasteiger partial charge in [0.25, 0.3) is 0 Å². The van der Waals surface area contributed by atoms with Crippen LogP contribution in [0, 0.1) is 13.8 Å². The summed E-state index contributed by atoms with van der Waals surface area (Å²) in [5, 5.41) is 11.4. The lowest BCUT2D eigenvalue weighted by Crippen LogP contribution is -2.00. The Morgan fingerprint density at radius 1 is 1.18 bits per heavy atom. The fraction of sp³-hybridized carbons (Fsp3) is 0.231. The Labute approximate surface area is 115 Å². The van der Waals surface area contributed by atoms with Gasteiger partial charge in [-0.2, -0.15) is 0 Å². The molecule has 4 heteroatoms. The van der Waals surface area contributed by atoms with Gasteiger partial charge < -0.3 is 5.11 Å². The van der Waals surface area contributed by atoms with Gasteiger partial charge in [0.1, 0.15) is 6.10 Å². The molecule has 0 fully saturated rings. The zero-order valence-electron chi connectivity index (χ0n) is 9.50. The molecule has 0 aliphatic rings. The summed E-state index contributed by atoms with van der Waals surface area (Å²) in [5.74, 6) is 0. The van der Waals surface area contributed by atoms with Crippen molar-refractivity contribution < 1.29 is 5.11 Å². The number of hydrogen-bond acceptors (Lipinski definition) is 2. The largest absolute Gasteiger partial charge is 0.383 e. The zero-order valence-corrected chi connectivity index (χ0v) is 11.8. The van der Waals surface area contributed by atoms with Crippen LogP contribution in [0.4, 0.5) is 0 Å². The highest BCUT2D eigenvalue weighted by Gasteiger charge is 2.20. The van der Waals surface area contributed by atoms with Crippen LogP contribution in [0.2, 0.25) is 10.0 Å². The van der Waals surface area contributed by atoms with E-state index < -0.39 is 6.10 Å². The molecule has 0 aliphatic carbocycles. The average Bonchev–Trinajstić information content (AvgIpc) is 2.57. The van der Waals surface area contributed by atoms with E-state index in [-0.39, 0.29) is 0 Å². The third-order valence-electron chi connectivity index (χ3n) is 2.60. The monoisotopic (exact) mass is 286 g/mol. The maximum atomic E-state index is 10.4. The lowest BCUT2D eigenvalue weighted by Gasteiger charge is -2.14. The van der Waals surface area contributed by atoms with Gasteiger partial charge in [-0.05, 0) is 37.6 Å². The molecule has 0 radical (unpaired) electrons. The van der Waals surface area contributed by atoms with Gasteiger partial charge in [0.2, 0.25) is 0 Å². The first kappa shape index (κ1) is 12.9. The van der Waals surface area contributed by atoms with Gasteiger partial charge in [-0.15, -0.1) is 11.3 Å².